The number of nitrogens with zero attached hydrogens (tertiary/aromatic N) is 3. The van der Waals surface area contributed by atoms with Crippen molar-refractivity contribution < 1.29 is 14.2 Å². The van der Waals surface area contributed by atoms with E-state index in [-0.39, 0.29) is 11.2 Å². The summed E-state index contributed by atoms with van der Waals surface area (Å²) in [5, 5.41) is 0. The molecule has 1 rings (SSSR count). The van der Waals surface area contributed by atoms with Crippen LogP contribution in [0.2, 0.25) is 0 Å². The molecule has 0 amide bonds. The molecule has 0 atom stereocenters. The highest BCUT2D eigenvalue weighted by molar-refractivity contribution is 5.28. The van der Waals surface area contributed by atoms with Crippen LogP contribution in [-0.4, -0.2) is 86.8 Å². The van der Waals surface area contributed by atoms with Crippen molar-refractivity contribution in [2.75, 3.05) is 59.1 Å². The minimum absolute atomic E-state index is 0.0515. The van der Waals surface area contributed by atoms with Crippen molar-refractivity contribution in [1.82, 2.24) is 9.80 Å². The van der Waals surface area contributed by atoms with Gasteiger partial charge in [-0.3, -0.25) is 4.90 Å². The maximum atomic E-state index is 5.83. The van der Waals surface area contributed by atoms with E-state index in [1.807, 2.05) is 19.1 Å². The molecule has 0 aromatic carbocycles. The van der Waals surface area contributed by atoms with E-state index in [1.54, 1.807) is 0 Å². The minimum Gasteiger partial charge on any atom is -0.478 e. The molecule has 0 saturated carbocycles. The standard InChI is InChI=1S/C24H45N3O3/c1-21(20-30-24(5,6)7)10-11-22(25-8)28-18-9-12-26-13-15-27(16-14-26)17-19-29-23(2,3)4/h10-11H,8-9,12-20H2,1-7H3/b21-10+,22-11+. The van der Waals surface area contributed by atoms with E-state index in [4.69, 9.17) is 14.2 Å². The first-order chi connectivity index (χ1) is 14.0. The highest BCUT2D eigenvalue weighted by Crippen LogP contribution is 2.10. The highest BCUT2D eigenvalue weighted by atomic mass is 16.5. The van der Waals surface area contributed by atoms with Crippen LogP contribution >= 0.6 is 0 Å². The first-order valence-corrected chi connectivity index (χ1v) is 11.2. The molecule has 1 heterocycles. The van der Waals surface area contributed by atoms with Gasteiger partial charge in [0.2, 0.25) is 5.88 Å². The first-order valence-electron chi connectivity index (χ1n) is 11.2. The molecule has 0 radical (unpaired) electrons. The molecular weight excluding hydrogens is 378 g/mol. The summed E-state index contributed by atoms with van der Waals surface area (Å²) in [5.74, 6) is 0.564. The second-order valence-corrected chi connectivity index (χ2v) is 9.92. The fourth-order valence-corrected chi connectivity index (χ4v) is 2.92. The van der Waals surface area contributed by atoms with E-state index in [1.165, 1.54) is 0 Å². The molecule has 1 saturated heterocycles. The maximum absolute atomic E-state index is 5.83. The van der Waals surface area contributed by atoms with Gasteiger partial charge in [-0.05, 0) is 67.2 Å². The number of hydrogen-bond donors (Lipinski definition) is 0. The van der Waals surface area contributed by atoms with E-state index in [0.717, 1.165) is 57.9 Å². The smallest absolute Gasteiger partial charge is 0.212 e. The Labute approximate surface area is 185 Å². The lowest BCUT2D eigenvalue weighted by Gasteiger charge is -2.35. The van der Waals surface area contributed by atoms with Crippen LogP contribution in [0.5, 0.6) is 0 Å². The second-order valence-electron chi connectivity index (χ2n) is 9.92. The summed E-state index contributed by atoms with van der Waals surface area (Å²) in [5.41, 5.74) is 0.936. The summed E-state index contributed by atoms with van der Waals surface area (Å²) in [6.07, 6.45) is 4.83. The van der Waals surface area contributed by atoms with E-state index in [0.29, 0.717) is 19.1 Å². The van der Waals surface area contributed by atoms with Crippen molar-refractivity contribution in [3.63, 3.8) is 0 Å². The normalized spacial score (nSPS) is 18.0. The largest absolute Gasteiger partial charge is 0.478 e. The van der Waals surface area contributed by atoms with E-state index in [2.05, 4.69) is 63.1 Å². The van der Waals surface area contributed by atoms with Crippen LogP contribution in [-0.2, 0) is 14.2 Å². The Balaban J connectivity index is 2.21. The third-order valence-electron chi connectivity index (χ3n) is 4.68. The molecule has 0 N–H and O–H groups in total. The average Bonchev–Trinajstić information content (AvgIpc) is 2.65. The molecule has 0 unspecified atom stereocenters. The maximum Gasteiger partial charge on any atom is 0.212 e. The highest BCUT2D eigenvalue weighted by Gasteiger charge is 2.17. The molecule has 0 aromatic rings. The molecule has 1 fully saturated rings. The lowest BCUT2D eigenvalue weighted by atomic mass is 10.2. The van der Waals surface area contributed by atoms with Gasteiger partial charge in [-0.25, -0.2) is 4.99 Å². The zero-order valence-corrected chi connectivity index (χ0v) is 20.5. The van der Waals surface area contributed by atoms with Crippen LogP contribution in [0.3, 0.4) is 0 Å². The Bertz CT molecular complexity index is 551. The number of rotatable bonds is 12. The fourth-order valence-electron chi connectivity index (χ4n) is 2.92. The van der Waals surface area contributed by atoms with Gasteiger partial charge < -0.3 is 19.1 Å². The Morgan fingerprint density at radius 1 is 0.867 bits per heavy atom. The fraction of sp³-hybridized carbons (Fsp3) is 0.792. The summed E-state index contributed by atoms with van der Waals surface area (Å²) in [4.78, 5) is 8.97. The molecule has 6 heteroatoms. The molecular formula is C24H45N3O3. The molecule has 0 aromatic heterocycles. The quantitative estimate of drug-likeness (QED) is 0.204. The summed E-state index contributed by atoms with van der Waals surface area (Å²) in [6.45, 7) is 26.7. The second kappa shape index (κ2) is 13.3. The van der Waals surface area contributed by atoms with Gasteiger partial charge >= 0.3 is 0 Å². The van der Waals surface area contributed by atoms with Crippen LogP contribution in [0.1, 0.15) is 54.9 Å². The SMILES string of the molecule is C=N/C(=C\C=C(/C)COC(C)(C)C)OCCCN1CCN(CCOC(C)(C)C)CC1. The van der Waals surface area contributed by atoms with Gasteiger partial charge in [0.25, 0.3) is 0 Å². The van der Waals surface area contributed by atoms with E-state index >= 15 is 0 Å². The van der Waals surface area contributed by atoms with Gasteiger partial charge in [0, 0.05) is 45.3 Å². The molecule has 30 heavy (non-hydrogen) atoms. The molecule has 1 aliphatic heterocycles. The van der Waals surface area contributed by atoms with Crippen molar-refractivity contribution in [2.24, 2.45) is 4.99 Å². The van der Waals surface area contributed by atoms with Crippen molar-refractivity contribution in [3.05, 3.63) is 23.6 Å². The van der Waals surface area contributed by atoms with Crippen molar-refractivity contribution in [3.8, 4) is 0 Å². The van der Waals surface area contributed by atoms with Gasteiger partial charge in [0.1, 0.15) is 0 Å². The number of hydrogen-bond acceptors (Lipinski definition) is 6. The molecule has 174 valence electrons. The number of piperazine rings is 1. The summed E-state index contributed by atoms with van der Waals surface area (Å²) < 4.78 is 17.4. The Kier molecular flexibility index (Phi) is 11.9. The number of allylic oxidation sites excluding steroid dienone is 2. The van der Waals surface area contributed by atoms with E-state index in [9.17, 15) is 0 Å². The molecule has 0 bridgehead atoms. The van der Waals surface area contributed by atoms with Crippen LogP contribution in [0, 0.1) is 0 Å². The topological polar surface area (TPSA) is 46.5 Å². The molecule has 0 spiro atoms. The Hall–Kier alpha value is -1.21. The Morgan fingerprint density at radius 2 is 1.43 bits per heavy atom. The van der Waals surface area contributed by atoms with Crippen molar-refractivity contribution in [1.29, 1.82) is 0 Å². The van der Waals surface area contributed by atoms with Gasteiger partial charge in [-0.1, -0.05) is 6.08 Å². The lowest BCUT2D eigenvalue weighted by molar-refractivity contribution is -0.0179. The zero-order chi connectivity index (χ0) is 22.6. The van der Waals surface area contributed by atoms with E-state index < -0.39 is 0 Å². The summed E-state index contributed by atoms with van der Waals surface area (Å²) in [7, 11) is 0. The number of ether oxygens (including phenoxy) is 3. The van der Waals surface area contributed by atoms with Crippen LogP contribution in [0.4, 0.5) is 0 Å². The average molecular weight is 424 g/mol. The third kappa shape index (κ3) is 13.9. The van der Waals surface area contributed by atoms with Crippen molar-refractivity contribution >= 4 is 6.72 Å². The predicted molar refractivity (Wildman–Crippen MR) is 126 cm³/mol. The predicted octanol–water partition coefficient (Wildman–Crippen LogP) is 4.13. The van der Waals surface area contributed by atoms with Crippen molar-refractivity contribution in [2.45, 2.75) is 66.1 Å². The van der Waals surface area contributed by atoms with Gasteiger partial charge in [-0.2, -0.15) is 0 Å². The van der Waals surface area contributed by atoms with Gasteiger partial charge in [0.05, 0.1) is 31.0 Å². The van der Waals surface area contributed by atoms with Crippen LogP contribution < -0.4 is 0 Å². The third-order valence-corrected chi connectivity index (χ3v) is 4.68. The minimum atomic E-state index is -0.138. The Morgan fingerprint density at radius 3 is 1.97 bits per heavy atom. The molecule has 0 aliphatic carbocycles. The number of aliphatic imine (C=N–C) groups is 1. The van der Waals surface area contributed by atoms with Gasteiger partial charge in [-0.15, -0.1) is 0 Å². The first kappa shape index (κ1) is 26.8. The van der Waals surface area contributed by atoms with Gasteiger partial charge in [0.15, 0.2) is 0 Å². The zero-order valence-electron chi connectivity index (χ0n) is 20.5. The molecule has 6 nitrogen and oxygen atoms in total. The molecule has 1 aliphatic rings. The monoisotopic (exact) mass is 423 g/mol. The van der Waals surface area contributed by atoms with Crippen LogP contribution in [0.15, 0.2) is 28.6 Å². The lowest BCUT2D eigenvalue weighted by Crippen LogP contribution is -2.47. The summed E-state index contributed by atoms with van der Waals surface area (Å²) in [6, 6.07) is 0. The van der Waals surface area contributed by atoms with Crippen LogP contribution in [0.25, 0.3) is 0 Å². The summed E-state index contributed by atoms with van der Waals surface area (Å²) >= 11 is 0.